The first-order valence-electron chi connectivity index (χ1n) is 12.6. The van der Waals surface area contributed by atoms with Crippen LogP contribution in [0.5, 0.6) is 5.75 Å². The van der Waals surface area contributed by atoms with Crippen LogP contribution in [0.25, 0.3) is 33.4 Å². The van der Waals surface area contributed by atoms with Gasteiger partial charge >= 0.3 is 5.97 Å². The number of esters is 1. The third-order valence-electron chi connectivity index (χ3n) is 6.18. The summed E-state index contributed by atoms with van der Waals surface area (Å²) in [6, 6.07) is 28.8. The molecule has 4 nitrogen and oxygen atoms in total. The van der Waals surface area contributed by atoms with E-state index in [4.69, 9.17) is 14.6 Å². The van der Waals surface area contributed by atoms with Crippen LogP contribution in [0, 0.1) is 5.82 Å². The maximum Gasteiger partial charge on any atom is 0.333 e. The fourth-order valence-electron chi connectivity index (χ4n) is 4.10. The van der Waals surface area contributed by atoms with Gasteiger partial charge in [-0.25, -0.2) is 9.18 Å². The second kappa shape index (κ2) is 12.8. The van der Waals surface area contributed by atoms with Gasteiger partial charge in [-0.1, -0.05) is 79.4 Å². The third kappa shape index (κ3) is 6.96. The molecule has 0 aliphatic rings. The van der Waals surface area contributed by atoms with Crippen molar-refractivity contribution in [3.63, 3.8) is 0 Å². The Bertz CT molecular complexity index is 1390. The van der Waals surface area contributed by atoms with Gasteiger partial charge in [0.05, 0.1) is 0 Å². The number of aliphatic hydroxyl groups excluding tert-OH is 1. The van der Waals surface area contributed by atoms with E-state index in [2.05, 4.69) is 6.58 Å². The number of halogens is 1. The van der Waals surface area contributed by atoms with E-state index >= 15 is 4.39 Å². The van der Waals surface area contributed by atoms with Crippen molar-refractivity contribution in [2.75, 3.05) is 19.8 Å². The summed E-state index contributed by atoms with van der Waals surface area (Å²) in [4.78, 5) is 11.5. The highest BCUT2D eigenvalue weighted by atomic mass is 19.1. The van der Waals surface area contributed by atoms with Gasteiger partial charge in [-0.2, -0.15) is 0 Å². The summed E-state index contributed by atoms with van der Waals surface area (Å²) < 4.78 is 25.8. The van der Waals surface area contributed by atoms with Gasteiger partial charge in [0.1, 0.15) is 24.8 Å². The fourth-order valence-corrected chi connectivity index (χ4v) is 4.10. The summed E-state index contributed by atoms with van der Waals surface area (Å²) in [6.45, 7) is 5.71. The highest BCUT2D eigenvalue weighted by Crippen LogP contribution is 2.30. The predicted molar refractivity (Wildman–Crippen MR) is 149 cm³/mol. The highest BCUT2D eigenvalue weighted by Gasteiger charge is 2.09. The Morgan fingerprint density at radius 2 is 1.45 bits per heavy atom. The minimum Gasteiger partial charge on any atom is -0.490 e. The van der Waals surface area contributed by atoms with Crippen molar-refractivity contribution >= 4 is 5.97 Å². The molecule has 0 atom stereocenters. The molecule has 0 heterocycles. The van der Waals surface area contributed by atoms with Crippen LogP contribution in [0.4, 0.5) is 4.39 Å². The third-order valence-corrected chi connectivity index (χ3v) is 6.18. The van der Waals surface area contributed by atoms with E-state index in [0.717, 1.165) is 46.2 Å². The maximum atomic E-state index is 15.0. The van der Waals surface area contributed by atoms with E-state index < -0.39 is 5.97 Å². The monoisotopic (exact) mass is 510 g/mol. The Morgan fingerprint density at radius 1 is 0.816 bits per heavy atom. The predicted octanol–water partition coefficient (Wildman–Crippen LogP) is 7.25. The quantitative estimate of drug-likeness (QED) is 0.131. The van der Waals surface area contributed by atoms with Crippen molar-refractivity contribution in [3.8, 4) is 39.1 Å². The Hall–Kier alpha value is -4.22. The van der Waals surface area contributed by atoms with Gasteiger partial charge in [0.15, 0.2) is 0 Å². The molecule has 0 radical (unpaired) electrons. The lowest BCUT2D eigenvalue weighted by Crippen LogP contribution is -2.12. The summed E-state index contributed by atoms with van der Waals surface area (Å²) in [6.07, 6.45) is 1.52. The van der Waals surface area contributed by atoms with Gasteiger partial charge in [-0.3, -0.25) is 0 Å². The second-order valence-electron chi connectivity index (χ2n) is 9.09. The molecule has 0 saturated carbocycles. The summed E-state index contributed by atoms with van der Waals surface area (Å²) in [5.74, 6) is -0.0218. The Balaban J connectivity index is 1.41. The molecule has 0 aromatic heterocycles. The molecule has 0 fully saturated rings. The van der Waals surface area contributed by atoms with Gasteiger partial charge < -0.3 is 14.6 Å². The minimum atomic E-state index is -0.430. The van der Waals surface area contributed by atoms with E-state index in [9.17, 15) is 4.79 Å². The van der Waals surface area contributed by atoms with Crippen molar-refractivity contribution in [1.29, 1.82) is 0 Å². The number of carbonyl (C=O) groups excluding carboxylic acids is 1. The molecular formula is C33H31FO4. The highest BCUT2D eigenvalue weighted by molar-refractivity contribution is 5.86. The number of ether oxygens (including phenoxy) is 2. The summed E-state index contributed by atoms with van der Waals surface area (Å²) >= 11 is 0. The van der Waals surface area contributed by atoms with Crippen LogP contribution >= 0.6 is 0 Å². The first-order valence-corrected chi connectivity index (χ1v) is 12.6. The Morgan fingerprint density at radius 3 is 2.08 bits per heavy atom. The Kier molecular flexibility index (Phi) is 9.07. The number of aliphatic hydroxyl groups is 1. The van der Waals surface area contributed by atoms with E-state index in [-0.39, 0.29) is 25.6 Å². The lowest BCUT2D eigenvalue weighted by molar-refractivity contribution is -0.139. The summed E-state index contributed by atoms with van der Waals surface area (Å²) in [5, 5.41) is 8.99. The zero-order valence-corrected chi connectivity index (χ0v) is 21.5. The van der Waals surface area contributed by atoms with Gasteiger partial charge in [-0.15, -0.1) is 0 Å². The molecule has 4 rings (SSSR count). The molecule has 0 amide bonds. The van der Waals surface area contributed by atoms with Crippen molar-refractivity contribution in [2.45, 2.75) is 19.8 Å². The SMILES string of the molecule is C=C(C)C(=O)OCCOc1cccc(-c2ccc(-c3ccc(-c4ccc(CCCO)cc4)c(F)c3)cc2)c1. The van der Waals surface area contributed by atoms with Gasteiger partial charge in [0.2, 0.25) is 0 Å². The van der Waals surface area contributed by atoms with Gasteiger partial charge in [0.25, 0.3) is 0 Å². The molecule has 194 valence electrons. The zero-order valence-electron chi connectivity index (χ0n) is 21.5. The standard InChI is InChI=1S/C33H31FO4/c1-23(2)33(36)38-20-19-37-30-7-3-6-28(21-30)25-12-14-26(15-13-25)29-16-17-31(32(34)22-29)27-10-8-24(9-11-27)5-4-18-35/h3,6-17,21-22,35H,1,4-5,18-20H2,2H3. The number of carbonyl (C=O) groups is 1. The van der Waals surface area contributed by atoms with Crippen LogP contribution in [0.15, 0.2) is 103 Å². The maximum absolute atomic E-state index is 15.0. The Labute approximate surface area is 223 Å². The van der Waals surface area contributed by atoms with Crippen LogP contribution in [-0.4, -0.2) is 30.9 Å². The summed E-state index contributed by atoms with van der Waals surface area (Å²) in [7, 11) is 0. The molecule has 0 bridgehead atoms. The smallest absolute Gasteiger partial charge is 0.333 e. The molecular weight excluding hydrogens is 479 g/mol. The molecule has 4 aromatic carbocycles. The van der Waals surface area contributed by atoms with E-state index in [1.165, 1.54) is 0 Å². The van der Waals surface area contributed by atoms with Crippen LogP contribution in [0.1, 0.15) is 18.9 Å². The fraction of sp³-hybridized carbons (Fsp3) is 0.182. The number of hydrogen-bond acceptors (Lipinski definition) is 4. The van der Waals surface area contributed by atoms with Crippen molar-refractivity contribution in [3.05, 3.63) is 115 Å². The van der Waals surface area contributed by atoms with E-state index in [0.29, 0.717) is 16.9 Å². The van der Waals surface area contributed by atoms with Crippen molar-refractivity contribution in [2.24, 2.45) is 0 Å². The molecule has 1 N–H and O–H groups in total. The lowest BCUT2D eigenvalue weighted by Gasteiger charge is -2.10. The molecule has 0 aliphatic heterocycles. The number of aryl methyl sites for hydroxylation is 1. The molecule has 38 heavy (non-hydrogen) atoms. The van der Waals surface area contributed by atoms with Crippen LogP contribution < -0.4 is 4.74 Å². The second-order valence-corrected chi connectivity index (χ2v) is 9.09. The molecule has 0 spiro atoms. The van der Waals surface area contributed by atoms with E-state index in [1.54, 1.807) is 13.0 Å². The molecule has 0 unspecified atom stereocenters. The first-order chi connectivity index (χ1) is 18.4. The normalized spacial score (nSPS) is 10.7. The minimum absolute atomic E-state index is 0.149. The molecule has 5 heteroatoms. The van der Waals surface area contributed by atoms with Crippen molar-refractivity contribution < 1.29 is 23.8 Å². The number of benzene rings is 4. The average molecular weight is 511 g/mol. The number of rotatable bonds is 11. The molecule has 0 saturated heterocycles. The van der Waals surface area contributed by atoms with Crippen molar-refractivity contribution in [1.82, 2.24) is 0 Å². The molecule has 0 aliphatic carbocycles. The average Bonchev–Trinajstić information content (AvgIpc) is 2.94. The van der Waals surface area contributed by atoms with Crippen LogP contribution in [-0.2, 0) is 16.0 Å². The van der Waals surface area contributed by atoms with E-state index in [1.807, 2.05) is 84.9 Å². The zero-order chi connectivity index (χ0) is 26.9. The van der Waals surface area contributed by atoms with Gasteiger partial charge in [-0.05, 0) is 71.3 Å². The topological polar surface area (TPSA) is 55.8 Å². The van der Waals surface area contributed by atoms with Gasteiger partial charge in [0, 0.05) is 17.7 Å². The summed E-state index contributed by atoms with van der Waals surface area (Å²) in [5.41, 5.74) is 6.58. The number of hydrogen-bond donors (Lipinski definition) is 1. The van der Waals surface area contributed by atoms with Crippen LogP contribution in [0.2, 0.25) is 0 Å². The largest absolute Gasteiger partial charge is 0.490 e. The molecule has 4 aromatic rings. The first kappa shape index (κ1) is 26.8. The van der Waals surface area contributed by atoms with Crippen LogP contribution in [0.3, 0.4) is 0 Å². The lowest BCUT2D eigenvalue weighted by atomic mass is 9.97.